The Morgan fingerprint density at radius 1 is 1.19 bits per heavy atom. The van der Waals surface area contributed by atoms with Gasteiger partial charge in [-0.2, -0.15) is 0 Å². The summed E-state index contributed by atoms with van der Waals surface area (Å²) in [6, 6.07) is 8.58. The number of ether oxygens (including phenoxy) is 2. The highest BCUT2D eigenvalue weighted by Gasteiger charge is 2.30. The molecule has 1 aromatic carbocycles. The molecular weight excluding hydrogens is 494 g/mol. The smallest absolute Gasteiger partial charge is 0.219 e. The Balaban J connectivity index is 1.52. The summed E-state index contributed by atoms with van der Waals surface area (Å²) in [6.07, 6.45) is 6.97. The van der Waals surface area contributed by atoms with Crippen LogP contribution in [0.25, 0.3) is 11.0 Å². The fraction of sp³-hybridized carbons (Fsp3) is 0.259. The van der Waals surface area contributed by atoms with Crippen LogP contribution in [0.1, 0.15) is 41.3 Å². The molecule has 1 aliphatic rings. The Hall–Kier alpha value is -3.95. The normalized spacial score (nSPS) is 14.8. The lowest BCUT2D eigenvalue weighted by Gasteiger charge is -2.36. The monoisotopic (exact) mass is 519 g/mol. The Morgan fingerprint density at radius 3 is 2.73 bits per heavy atom. The van der Waals surface area contributed by atoms with Gasteiger partial charge in [0.05, 0.1) is 33.5 Å². The van der Waals surface area contributed by atoms with Gasteiger partial charge in [0.1, 0.15) is 11.4 Å². The number of benzene rings is 1. The van der Waals surface area contributed by atoms with Gasteiger partial charge in [-0.25, -0.2) is 9.97 Å². The van der Waals surface area contributed by atoms with Crippen LogP contribution < -0.4 is 15.4 Å². The molecule has 0 spiro atoms. The van der Waals surface area contributed by atoms with E-state index >= 15 is 0 Å². The number of aryl methyl sites for hydroxylation is 1. The lowest BCUT2D eigenvalue weighted by Crippen LogP contribution is -2.40. The lowest BCUT2D eigenvalue weighted by molar-refractivity contribution is -0.105. The van der Waals surface area contributed by atoms with Gasteiger partial charge in [-0.3, -0.25) is 9.59 Å². The minimum absolute atomic E-state index is 0.241. The molecule has 3 N–H and O–H groups in total. The summed E-state index contributed by atoms with van der Waals surface area (Å²) in [5.41, 5.74) is 3.02. The number of anilines is 2. The molecule has 1 amide bonds. The van der Waals surface area contributed by atoms with Crippen molar-refractivity contribution in [1.29, 1.82) is 0 Å². The Kier molecular flexibility index (Phi) is 6.82. The van der Waals surface area contributed by atoms with E-state index in [-0.39, 0.29) is 16.3 Å². The van der Waals surface area contributed by atoms with Crippen molar-refractivity contribution in [2.45, 2.75) is 32.2 Å². The average Bonchev–Trinajstić information content (AvgIpc) is 3.30. The molecule has 0 radical (unpaired) electrons. The van der Waals surface area contributed by atoms with Gasteiger partial charge in [-0.15, -0.1) is 0 Å². The number of pyridine rings is 2. The van der Waals surface area contributed by atoms with Crippen LogP contribution in [-0.4, -0.2) is 45.9 Å². The molecule has 190 valence electrons. The van der Waals surface area contributed by atoms with Gasteiger partial charge in [0.2, 0.25) is 12.3 Å². The maximum atomic E-state index is 13.7. The molecule has 0 saturated carbocycles. The van der Waals surface area contributed by atoms with Crippen molar-refractivity contribution in [1.82, 2.24) is 15.0 Å². The van der Waals surface area contributed by atoms with Crippen LogP contribution in [0.2, 0.25) is 5.02 Å². The first-order chi connectivity index (χ1) is 17.9. The molecule has 0 bridgehead atoms. The second kappa shape index (κ2) is 10.2. The van der Waals surface area contributed by atoms with E-state index in [0.717, 1.165) is 18.4 Å². The molecule has 3 aromatic heterocycles. The molecular formula is C27H26ClN5O4. The zero-order chi connectivity index (χ0) is 26.0. The maximum absolute atomic E-state index is 13.7. The molecule has 5 rings (SSSR count). The second-order valence-electron chi connectivity index (χ2n) is 9.28. The van der Waals surface area contributed by atoms with Gasteiger partial charge in [0.25, 0.3) is 0 Å². The predicted molar refractivity (Wildman–Crippen MR) is 142 cm³/mol. The second-order valence-corrected chi connectivity index (χ2v) is 9.68. The predicted octanol–water partition coefficient (Wildman–Crippen LogP) is 5.49. The van der Waals surface area contributed by atoms with Gasteiger partial charge in [-0.1, -0.05) is 11.6 Å². The molecule has 37 heavy (non-hydrogen) atoms. The molecule has 1 saturated heterocycles. The van der Waals surface area contributed by atoms with Crippen LogP contribution in [0.3, 0.4) is 0 Å². The van der Waals surface area contributed by atoms with Gasteiger partial charge >= 0.3 is 0 Å². The number of nitrogens with zero attached hydrogens (tertiary/aromatic N) is 2. The summed E-state index contributed by atoms with van der Waals surface area (Å²) in [6.45, 7) is 5.28. The van der Waals surface area contributed by atoms with E-state index in [1.54, 1.807) is 36.8 Å². The zero-order valence-electron chi connectivity index (χ0n) is 20.4. The van der Waals surface area contributed by atoms with E-state index in [9.17, 15) is 9.59 Å². The quantitative estimate of drug-likeness (QED) is 0.208. The number of amides is 1. The van der Waals surface area contributed by atoms with Crippen LogP contribution >= 0.6 is 11.6 Å². The van der Waals surface area contributed by atoms with E-state index in [2.05, 4.69) is 32.5 Å². The van der Waals surface area contributed by atoms with E-state index in [0.29, 0.717) is 64.8 Å². The van der Waals surface area contributed by atoms with Crippen molar-refractivity contribution in [2.24, 2.45) is 0 Å². The fourth-order valence-electron chi connectivity index (χ4n) is 4.40. The number of halogens is 1. The first-order valence-electron chi connectivity index (χ1n) is 11.9. The third-order valence-electron chi connectivity index (χ3n) is 6.48. The van der Waals surface area contributed by atoms with E-state index in [1.807, 2.05) is 19.1 Å². The number of H-pyrrole nitrogens is 1. The topological polar surface area (TPSA) is 118 Å². The van der Waals surface area contributed by atoms with Crippen molar-refractivity contribution in [2.75, 3.05) is 23.8 Å². The van der Waals surface area contributed by atoms with Crippen molar-refractivity contribution >= 4 is 46.2 Å². The number of nitrogens with one attached hydrogen (secondary N) is 3. The lowest BCUT2D eigenvalue weighted by atomic mass is 9.91. The standard InChI is InChI=1S/C27H26ClN5O4/c1-16-5-8-29-22(11-16)37-17-3-4-18(20(28)12-17)25(35)19-13-30-26-23(19)24(21(14-31-26)32-15-34)33-27(2)6-9-36-10-7-27/h3-5,8,11-15H,6-7,9-10H2,1-2H3,(H,32,34)(H2,30,31,33). The Labute approximate surface area is 218 Å². The summed E-state index contributed by atoms with van der Waals surface area (Å²) < 4.78 is 11.3. The number of hydrogen-bond donors (Lipinski definition) is 3. The SMILES string of the molecule is Cc1ccnc(Oc2ccc(C(=O)c3c[nH]c4ncc(NC=O)c(NC5(C)CCOCC5)c34)c(Cl)c2)c1. The van der Waals surface area contributed by atoms with Gasteiger partial charge in [0, 0.05) is 48.8 Å². The number of rotatable bonds is 8. The van der Waals surface area contributed by atoms with Crippen LogP contribution in [0.4, 0.5) is 11.4 Å². The van der Waals surface area contributed by atoms with Gasteiger partial charge in [-0.05, 0) is 50.5 Å². The molecule has 4 aromatic rings. The molecule has 4 heterocycles. The van der Waals surface area contributed by atoms with Crippen molar-refractivity contribution in [3.05, 3.63) is 70.6 Å². The largest absolute Gasteiger partial charge is 0.439 e. The maximum Gasteiger partial charge on any atom is 0.219 e. The number of ketones is 1. The Bertz CT molecular complexity index is 1480. The Morgan fingerprint density at radius 2 is 2.00 bits per heavy atom. The first kappa shape index (κ1) is 24.7. The van der Waals surface area contributed by atoms with Crippen LogP contribution in [0, 0.1) is 6.92 Å². The van der Waals surface area contributed by atoms with E-state index in [4.69, 9.17) is 21.1 Å². The third-order valence-corrected chi connectivity index (χ3v) is 6.79. The number of fused-ring (bicyclic) bond motifs is 1. The van der Waals surface area contributed by atoms with Crippen molar-refractivity contribution in [3.63, 3.8) is 0 Å². The van der Waals surface area contributed by atoms with Gasteiger partial charge < -0.3 is 25.1 Å². The molecule has 0 unspecified atom stereocenters. The molecule has 10 heteroatoms. The molecule has 0 atom stereocenters. The van der Waals surface area contributed by atoms with Crippen molar-refractivity contribution < 1.29 is 19.1 Å². The van der Waals surface area contributed by atoms with Gasteiger partial charge in [0.15, 0.2) is 5.78 Å². The highest BCUT2D eigenvalue weighted by molar-refractivity contribution is 6.36. The zero-order valence-corrected chi connectivity index (χ0v) is 21.2. The number of hydrogen-bond acceptors (Lipinski definition) is 7. The minimum Gasteiger partial charge on any atom is -0.439 e. The summed E-state index contributed by atoms with van der Waals surface area (Å²) in [5.74, 6) is 0.611. The fourth-order valence-corrected chi connectivity index (χ4v) is 4.66. The molecule has 0 aliphatic carbocycles. The average molecular weight is 520 g/mol. The molecule has 1 aliphatic heterocycles. The summed E-state index contributed by atoms with van der Waals surface area (Å²) in [7, 11) is 0. The molecule has 1 fully saturated rings. The number of carbonyl (C=O) groups excluding carboxylic acids is 2. The van der Waals surface area contributed by atoms with E-state index in [1.165, 1.54) is 0 Å². The summed E-state index contributed by atoms with van der Waals surface area (Å²) in [4.78, 5) is 36.8. The van der Waals surface area contributed by atoms with Crippen LogP contribution in [0.15, 0.2) is 48.9 Å². The highest BCUT2D eigenvalue weighted by Crippen LogP contribution is 2.38. The third kappa shape index (κ3) is 5.14. The highest BCUT2D eigenvalue weighted by atomic mass is 35.5. The van der Waals surface area contributed by atoms with Crippen LogP contribution in [-0.2, 0) is 9.53 Å². The summed E-state index contributed by atoms with van der Waals surface area (Å²) >= 11 is 6.55. The number of aromatic amines is 1. The summed E-state index contributed by atoms with van der Waals surface area (Å²) in [5, 5.41) is 7.09. The molecule has 9 nitrogen and oxygen atoms in total. The van der Waals surface area contributed by atoms with E-state index < -0.39 is 0 Å². The number of carbonyl (C=O) groups is 2. The van der Waals surface area contributed by atoms with Crippen LogP contribution in [0.5, 0.6) is 11.6 Å². The minimum atomic E-state index is -0.290. The van der Waals surface area contributed by atoms with Crippen molar-refractivity contribution in [3.8, 4) is 11.6 Å². The first-order valence-corrected chi connectivity index (χ1v) is 12.3. The number of aromatic nitrogens is 3.